The van der Waals surface area contributed by atoms with Crippen LogP contribution in [0.3, 0.4) is 0 Å². The zero-order valence-corrected chi connectivity index (χ0v) is 8.90. The van der Waals surface area contributed by atoms with E-state index in [4.69, 9.17) is 9.78 Å². The van der Waals surface area contributed by atoms with Gasteiger partial charge >= 0.3 is 0 Å². The normalized spacial score (nSPS) is 10.0. The first-order valence-corrected chi connectivity index (χ1v) is 4.94. The number of benzene rings is 1. The molecular weight excluding hydrogens is 202 g/mol. The predicted molar refractivity (Wildman–Crippen MR) is 59.4 cm³/mol. The lowest BCUT2D eigenvalue weighted by molar-refractivity contribution is 0.431. The molecule has 80 valence electrons. The number of nitrogens with one attached hydrogen (secondary N) is 1. The van der Waals surface area contributed by atoms with Crippen molar-refractivity contribution in [2.24, 2.45) is 0 Å². The van der Waals surface area contributed by atoms with Crippen molar-refractivity contribution >= 4 is 0 Å². The van der Waals surface area contributed by atoms with Crippen molar-refractivity contribution in [1.29, 1.82) is 5.26 Å². The van der Waals surface area contributed by atoms with E-state index in [2.05, 4.69) is 16.5 Å². The molecule has 1 heterocycles. The maximum atomic E-state index is 8.82. The zero-order chi connectivity index (χ0) is 11.4. The summed E-state index contributed by atoms with van der Waals surface area (Å²) < 4.78 is 5.20. The summed E-state index contributed by atoms with van der Waals surface area (Å²) in [5, 5.41) is 15.6. The van der Waals surface area contributed by atoms with E-state index in [1.165, 1.54) is 0 Å². The van der Waals surface area contributed by atoms with Crippen molar-refractivity contribution in [3.8, 4) is 17.4 Å². The average molecular weight is 213 g/mol. The van der Waals surface area contributed by atoms with Gasteiger partial charge in [0.2, 0.25) is 0 Å². The fourth-order valence-electron chi connectivity index (χ4n) is 1.54. The van der Waals surface area contributed by atoms with Gasteiger partial charge in [0, 0.05) is 17.7 Å². The van der Waals surface area contributed by atoms with E-state index < -0.39 is 0 Å². The first kappa shape index (κ1) is 10.4. The van der Waals surface area contributed by atoms with E-state index in [-0.39, 0.29) is 0 Å². The first-order valence-electron chi connectivity index (χ1n) is 4.94. The van der Waals surface area contributed by atoms with Gasteiger partial charge in [0.15, 0.2) is 5.76 Å². The van der Waals surface area contributed by atoms with Crippen LogP contribution in [-0.4, -0.2) is 12.2 Å². The summed E-state index contributed by atoms with van der Waals surface area (Å²) >= 11 is 0. The Morgan fingerprint density at radius 1 is 1.50 bits per heavy atom. The Hall–Kier alpha value is -2.12. The van der Waals surface area contributed by atoms with E-state index in [1.54, 1.807) is 18.3 Å². The lowest BCUT2D eigenvalue weighted by atomic mass is 10.1. The van der Waals surface area contributed by atoms with Gasteiger partial charge in [-0.05, 0) is 19.2 Å². The maximum Gasteiger partial charge on any atom is 0.171 e. The first-order chi connectivity index (χ1) is 7.85. The summed E-state index contributed by atoms with van der Waals surface area (Å²) in [6.07, 6.45) is 1.69. The van der Waals surface area contributed by atoms with Crippen molar-refractivity contribution in [3.63, 3.8) is 0 Å². The second kappa shape index (κ2) is 4.60. The van der Waals surface area contributed by atoms with Gasteiger partial charge in [0.05, 0.1) is 17.8 Å². The number of hydrogen-bond donors (Lipinski definition) is 1. The van der Waals surface area contributed by atoms with Gasteiger partial charge in [-0.25, -0.2) is 0 Å². The molecule has 1 aromatic heterocycles. The van der Waals surface area contributed by atoms with Crippen LogP contribution in [0.25, 0.3) is 11.3 Å². The molecule has 0 saturated heterocycles. The van der Waals surface area contributed by atoms with Crippen molar-refractivity contribution in [2.75, 3.05) is 7.05 Å². The van der Waals surface area contributed by atoms with Crippen LogP contribution in [0, 0.1) is 11.3 Å². The van der Waals surface area contributed by atoms with Gasteiger partial charge in [-0.3, -0.25) is 0 Å². The lowest BCUT2D eigenvalue weighted by Crippen LogP contribution is -2.04. The highest BCUT2D eigenvalue weighted by molar-refractivity contribution is 5.62. The summed E-state index contributed by atoms with van der Waals surface area (Å²) in [6.45, 7) is 0.690. The molecule has 1 N–H and O–H groups in total. The second-order valence-corrected chi connectivity index (χ2v) is 3.40. The van der Waals surface area contributed by atoms with Crippen LogP contribution in [-0.2, 0) is 6.54 Å². The molecule has 16 heavy (non-hydrogen) atoms. The Kier molecular flexibility index (Phi) is 2.99. The summed E-state index contributed by atoms with van der Waals surface area (Å²) in [5.74, 6) is 0.714. The van der Waals surface area contributed by atoms with Crippen LogP contribution in [0.5, 0.6) is 0 Å². The Balaban J connectivity index is 2.42. The molecule has 2 rings (SSSR count). The van der Waals surface area contributed by atoms with E-state index in [9.17, 15) is 0 Å². The van der Waals surface area contributed by atoms with Crippen LogP contribution < -0.4 is 5.32 Å². The third kappa shape index (κ3) is 1.95. The molecule has 4 heteroatoms. The molecule has 0 aliphatic heterocycles. The molecule has 0 aliphatic rings. The monoisotopic (exact) mass is 213 g/mol. The molecule has 0 unspecified atom stereocenters. The van der Waals surface area contributed by atoms with E-state index in [0.717, 1.165) is 11.1 Å². The molecule has 0 saturated carbocycles. The number of nitrogens with zero attached hydrogens (tertiary/aromatic N) is 2. The zero-order valence-electron chi connectivity index (χ0n) is 8.90. The third-order valence-corrected chi connectivity index (χ3v) is 2.27. The molecular formula is C12H11N3O. The summed E-state index contributed by atoms with van der Waals surface area (Å²) in [6, 6.07) is 9.39. The number of aromatic nitrogens is 1. The average Bonchev–Trinajstić information content (AvgIpc) is 2.78. The minimum absolute atomic E-state index is 0.615. The fourth-order valence-corrected chi connectivity index (χ4v) is 1.54. The lowest BCUT2D eigenvalue weighted by Gasteiger charge is -2.00. The van der Waals surface area contributed by atoms with Crippen LogP contribution in [0.4, 0.5) is 0 Å². The molecule has 0 bridgehead atoms. The van der Waals surface area contributed by atoms with Gasteiger partial charge in [-0.15, -0.1) is 0 Å². The molecule has 4 nitrogen and oxygen atoms in total. The van der Waals surface area contributed by atoms with Gasteiger partial charge in [0.1, 0.15) is 0 Å². The number of nitriles is 1. The molecule has 0 spiro atoms. The Labute approximate surface area is 93.5 Å². The Morgan fingerprint density at radius 3 is 3.12 bits per heavy atom. The smallest absolute Gasteiger partial charge is 0.171 e. The van der Waals surface area contributed by atoms with Gasteiger partial charge in [0.25, 0.3) is 0 Å². The second-order valence-electron chi connectivity index (χ2n) is 3.40. The van der Waals surface area contributed by atoms with E-state index >= 15 is 0 Å². The van der Waals surface area contributed by atoms with Gasteiger partial charge < -0.3 is 9.84 Å². The largest absolute Gasteiger partial charge is 0.356 e. The topological polar surface area (TPSA) is 61.9 Å². The summed E-state index contributed by atoms with van der Waals surface area (Å²) in [5.41, 5.74) is 2.48. The summed E-state index contributed by atoms with van der Waals surface area (Å²) in [7, 11) is 1.86. The molecule has 1 aromatic carbocycles. The fraction of sp³-hybridized carbons (Fsp3) is 0.167. The van der Waals surface area contributed by atoms with Crippen molar-refractivity contribution in [2.45, 2.75) is 6.54 Å². The van der Waals surface area contributed by atoms with Crippen molar-refractivity contribution in [3.05, 3.63) is 41.6 Å². The van der Waals surface area contributed by atoms with Crippen molar-refractivity contribution in [1.82, 2.24) is 10.5 Å². The van der Waals surface area contributed by atoms with Crippen LogP contribution in [0.2, 0.25) is 0 Å². The van der Waals surface area contributed by atoms with Gasteiger partial charge in [-0.2, -0.15) is 5.26 Å². The predicted octanol–water partition coefficient (Wildman–Crippen LogP) is 1.93. The van der Waals surface area contributed by atoms with E-state index in [0.29, 0.717) is 17.9 Å². The highest BCUT2D eigenvalue weighted by atomic mass is 16.5. The maximum absolute atomic E-state index is 8.82. The number of rotatable bonds is 3. The minimum Gasteiger partial charge on any atom is -0.356 e. The minimum atomic E-state index is 0.615. The highest BCUT2D eigenvalue weighted by Gasteiger charge is 2.10. The quantitative estimate of drug-likeness (QED) is 0.846. The molecule has 2 aromatic rings. The van der Waals surface area contributed by atoms with Crippen molar-refractivity contribution < 1.29 is 4.52 Å². The molecule has 0 atom stereocenters. The summed E-state index contributed by atoms with van der Waals surface area (Å²) in [4.78, 5) is 0. The number of hydrogen-bond acceptors (Lipinski definition) is 4. The van der Waals surface area contributed by atoms with Crippen LogP contribution in [0.1, 0.15) is 11.1 Å². The van der Waals surface area contributed by atoms with E-state index in [1.807, 2.05) is 19.2 Å². The third-order valence-electron chi connectivity index (χ3n) is 2.27. The standard InChI is InChI=1S/C12H11N3O/c1-14-7-11-8-15-16-12(11)10-4-2-3-9(5-10)6-13/h2-5,8,14H,7H2,1H3. The van der Waals surface area contributed by atoms with Gasteiger partial charge in [-0.1, -0.05) is 17.3 Å². The molecule has 0 radical (unpaired) electrons. The molecule has 0 fully saturated rings. The Bertz CT molecular complexity index is 525. The highest BCUT2D eigenvalue weighted by Crippen LogP contribution is 2.24. The van der Waals surface area contributed by atoms with Crippen LogP contribution >= 0.6 is 0 Å². The SMILES string of the molecule is CNCc1cnoc1-c1cccc(C#N)c1. The molecule has 0 aliphatic carbocycles. The Morgan fingerprint density at radius 2 is 2.38 bits per heavy atom. The van der Waals surface area contributed by atoms with Crippen LogP contribution in [0.15, 0.2) is 35.0 Å². The molecule has 0 amide bonds.